The summed E-state index contributed by atoms with van der Waals surface area (Å²) in [6.45, 7) is 7.16. The molecule has 0 aromatic carbocycles. The maximum Gasteiger partial charge on any atom is 0.239 e. The smallest absolute Gasteiger partial charge is 0.239 e. The number of carbonyl (C=O) groups is 1. The van der Waals surface area contributed by atoms with Gasteiger partial charge in [-0.25, -0.2) is 0 Å². The van der Waals surface area contributed by atoms with Crippen LogP contribution in [0.4, 0.5) is 0 Å². The summed E-state index contributed by atoms with van der Waals surface area (Å²) < 4.78 is 5.23. The third-order valence-corrected chi connectivity index (χ3v) is 3.44. The number of piperidine rings is 1. The van der Waals surface area contributed by atoms with Crippen LogP contribution in [0, 0.1) is 0 Å². The maximum atomic E-state index is 11.9. The van der Waals surface area contributed by atoms with Gasteiger partial charge in [0.15, 0.2) is 5.82 Å². The van der Waals surface area contributed by atoms with Crippen LogP contribution in [0.5, 0.6) is 0 Å². The molecule has 7 heteroatoms. The van der Waals surface area contributed by atoms with Crippen LogP contribution in [0.3, 0.4) is 0 Å². The van der Waals surface area contributed by atoms with Crippen LogP contribution in [-0.2, 0) is 4.79 Å². The lowest BCUT2D eigenvalue weighted by Crippen LogP contribution is -2.46. The Labute approximate surface area is 125 Å². The number of nitrogens with two attached hydrogens (primary N) is 1. The van der Waals surface area contributed by atoms with Crippen LogP contribution in [-0.4, -0.2) is 40.1 Å². The zero-order valence-corrected chi connectivity index (χ0v) is 13.0. The molecule has 1 aromatic rings. The first kappa shape index (κ1) is 16.9. The lowest BCUT2D eigenvalue weighted by Gasteiger charge is -2.32. The molecule has 1 amide bonds. The molecule has 1 saturated heterocycles. The molecule has 2 N–H and O–H groups in total. The summed E-state index contributed by atoms with van der Waals surface area (Å²) in [5.74, 6) is 1.76. The molecule has 1 aliphatic rings. The van der Waals surface area contributed by atoms with Crippen LogP contribution >= 0.6 is 12.4 Å². The minimum atomic E-state index is -0.449. The number of rotatable bonds is 3. The molecular formula is C13H23ClN4O2. The molecule has 0 aliphatic carbocycles. The number of nitrogens with zero attached hydrogens (tertiary/aromatic N) is 3. The van der Waals surface area contributed by atoms with E-state index in [0.29, 0.717) is 18.3 Å². The minimum Gasteiger partial charge on any atom is -0.341 e. The Balaban J connectivity index is 0.00000200. The summed E-state index contributed by atoms with van der Waals surface area (Å²) in [5, 5.41) is 4.04. The lowest BCUT2D eigenvalue weighted by molar-refractivity contribution is -0.133. The average Bonchev–Trinajstić information content (AvgIpc) is 2.87. The molecule has 0 bridgehead atoms. The van der Waals surface area contributed by atoms with E-state index in [4.69, 9.17) is 10.3 Å². The predicted molar refractivity (Wildman–Crippen MR) is 77.8 cm³/mol. The molecule has 0 saturated carbocycles. The molecule has 0 spiro atoms. The fourth-order valence-corrected chi connectivity index (χ4v) is 2.32. The first-order chi connectivity index (χ1) is 8.99. The van der Waals surface area contributed by atoms with E-state index >= 15 is 0 Å². The van der Waals surface area contributed by atoms with E-state index in [9.17, 15) is 4.79 Å². The van der Waals surface area contributed by atoms with Gasteiger partial charge in [-0.05, 0) is 19.8 Å². The highest BCUT2D eigenvalue weighted by Crippen LogP contribution is 2.26. The van der Waals surface area contributed by atoms with Gasteiger partial charge in [-0.1, -0.05) is 19.0 Å². The highest BCUT2D eigenvalue weighted by molar-refractivity contribution is 5.85. The summed E-state index contributed by atoms with van der Waals surface area (Å²) in [4.78, 5) is 18.2. The van der Waals surface area contributed by atoms with E-state index in [0.717, 1.165) is 19.4 Å². The summed E-state index contributed by atoms with van der Waals surface area (Å²) in [6.07, 6.45) is 1.94. The summed E-state index contributed by atoms with van der Waals surface area (Å²) in [7, 11) is 0. The number of likely N-dealkylation sites (tertiary alicyclic amines) is 1. The Morgan fingerprint density at radius 1 is 1.45 bits per heavy atom. The molecule has 20 heavy (non-hydrogen) atoms. The van der Waals surface area contributed by atoms with E-state index in [1.165, 1.54) is 0 Å². The molecule has 0 radical (unpaired) electrons. The van der Waals surface area contributed by atoms with Crippen molar-refractivity contribution in [1.29, 1.82) is 0 Å². The SMILES string of the molecule is CC(C)c1nc(C2CCCN(C(=O)[C@@H](C)N)C2)no1.Cl. The Morgan fingerprint density at radius 3 is 2.70 bits per heavy atom. The van der Waals surface area contributed by atoms with Crippen molar-refractivity contribution in [3.8, 4) is 0 Å². The van der Waals surface area contributed by atoms with Gasteiger partial charge in [0.05, 0.1) is 6.04 Å². The third-order valence-electron chi connectivity index (χ3n) is 3.44. The van der Waals surface area contributed by atoms with E-state index in [-0.39, 0.29) is 30.2 Å². The minimum absolute atomic E-state index is 0. The largest absolute Gasteiger partial charge is 0.341 e. The van der Waals surface area contributed by atoms with Crippen molar-refractivity contribution in [1.82, 2.24) is 15.0 Å². The van der Waals surface area contributed by atoms with Crippen LogP contribution in [0.15, 0.2) is 4.52 Å². The fourth-order valence-electron chi connectivity index (χ4n) is 2.32. The highest BCUT2D eigenvalue weighted by Gasteiger charge is 2.29. The van der Waals surface area contributed by atoms with Gasteiger partial charge in [0.25, 0.3) is 0 Å². The molecule has 1 unspecified atom stereocenters. The summed E-state index contributed by atoms with van der Waals surface area (Å²) >= 11 is 0. The van der Waals surface area contributed by atoms with Gasteiger partial charge in [-0.3, -0.25) is 4.79 Å². The normalized spacial score (nSPS) is 20.6. The van der Waals surface area contributed by atoms with Crippen molar-refractivity contribution in [3.05, 3.63) is 11.7 Å². The van der Waals surface area contributed by atoms with Crippen molar-refractivity contribution in [2.45, 2.75) is 51.5 Å². The Bertz CT molecular complexity index is 447. The Kier molecular flexibility index (Phi) is 5.95. The number of amides is 1. The fraction of sp³-hybridized carbons (Fsp3) is 0.769. The number of hydrogen-bond acceptors (Lipinski definition) is 5. The van der Waals surface area contributed by atoms with Crippen molar-refractivity contribution in [3.63, 3.8) is 0 Å². The van der Waals surface area contributed by atoms with Crippen molar-refractivity contribution < 1.29 is 9.32 Å². The number of carbonyl (C=O) groups excluding carboxylic acids is 1. The first-order valence-corrected chi connectivity index (χ1v) is 6.87. The maximum absolute atomic E-state index is 11.9. The van der Waals surface area contributed by atoms with Gasteiger partial charge in [0, 0.05) is 24.9 Å². The Hall–Kier alpha value is -1.14. The van der Waals surface area contributed by atoms with E-state index in [2.05, 4.69) is 10.1 Å². The van der Waals surface area contributed by atoms with E-state index < -0.39 is 6.04 Å². The number of halogens is 1. The monoisotopic (exact) mass is 302 g/mol. The van der Waals surface area contributed by atoms with E-state index in [1.54, 1.807) is 6.92 Å². The van der Waals surface area contributed by atoms with Gasteiger partial charge in [0.2, 0.25) is 11.8 Å². The molecule has 1 aromatic heterocycles. The van der Waals surface area contributed by atoms with Crippen LogP contribution in [0.2, 0.25) is 0 Å². The quantitative estimate of drug-likeness (QED) is 0.918. The summed E-state index contributed by atoms with van der Waals surface area (Å²) in [5.41, 5.74) is 5.65. The van der Waals surface area contributed by atoms with Gasteiger partial charge in [-0.15, -0.1) is 12.4 Å². The molecule has 1 fully saturated rings. The standard InChI is InChI=1S/C13H22N4O2.ClH/c1-8(2)12-15-11(16-19-12)10-5-4-6-17(7-10)13(18)9(3)14;/h8-10H,4-7,14H2,1-3H3;1H/t9-,10?;/m1./s1. The predicted octanol–water partition coefficient (Wildman–Crippen LogP) is 1.67. The zero-order valence-electron chi connectivity index (χ0n) is 12.2. The molecule has 6 nitrogen and oxygen atoms in total. The summed E-state index contributed by atoms with van der Waals surface area (Å²) in [6, 6.07) is -0.449. The molecule has 114 valence electrons. The number of hydrogen-bond donors (Lipinski definition) is 1. The highest BCUT2D eigenvalue weighted by atomic mass is 35.5. The molecular weight excluding hydrogens is 280 g/mol. The van der Waals surface area contributed by atoms with Crippen LogP contribution in [0.1, 0.15) is 57.2 Å². The van der Waals surface area contributed by atoms with E-state index in [1.807, 2.05) is 18.7 Å². The van der Waals surface area contributed by atoms with Crippen molar-refractivity contribution >= 4 is 18.3 Å². The van der Waals surface area contributed by atoms with Gasteiger partial charge < -0.3 is 15.2 Å². The van der Waals surface area contributed by atoms with Crippen molar-refractivity contribution in [2.24, 2.45) is 5.73 Å². The van der Waals surface area contributed by atoms with Crippen LogP contribution < -0.4 is 5.73 Å². The Morgan fingerprint density at radius 2 is 2.15 bits per heavy atom. The molecule has 2 heterocycles. The van der Waals surface area contributed by atoms with Crippen molar-refractivity contribution in [2.75, 3.05) is 13.1 Å². The van der Waals surface area contributed by atoms with Gasteiger partial charge in [0.1, 0.15) is 0 Å². The number of aromatic nitrogens is 2. The van der Waals surface area contributed by atoms with Crippen LogP contribution in [0.25, 0.3) is 0 Å². The second-order valence-electron chi connectivity index (χ2n) is 5.56. The second-order valence-corrected chi connectivity index (χ2v) is 5.56. The van der Waals surface area contributed by atoms with Gasteiger partial charge >= 0.3 is 0 Å². The molecule has 2 rings (SSSR count). The lowest BCUT2D eigenvalue weighted by atomic mass is 9.97. The second kappa shape index (κ2) is 7.04. The topological polar surface area (TPSA) is 85.2 Å². The molecule has 2 atom stereocenters. The van der Waals surface area contributed by atoms with Gasteiger partial charge in [-0.2, -0.15) is 4.98 Å². The zero-order chi connectivity index (χ0) is 14.0. The molecule has 1 aliphatic heterocycles. The third kappa shape index (κ3) is 3.70. The average molecular weight is 303 g/mol. The first-order valence-electron chi connectivity index (χ1n) is 6.87.